The molecule has 2 aromatic rings. The fraction of sp³-hybridized carbons (Fsp3) is 0.143. The standard InChI is InChI=1S/C14H14FN3O/c1-8-4-3-5-17-13(8)18-14(19)10-6-11(15)9(2)12(16)7-10/h3-7H,16H2,1-2H3,(H,17,18,19). The number of anilines is 2. The van der Waals surface area contributed by atoms with Crippen LogP contribution >= 0.6 is 0 Å². The summed E-state index contributed by atoms with van der Waals surface area (Å²) in [6.07, 6.45) is 1.58. The zero-order valence-corrected chi connectivity index (χ0v) is 10.7. The van der Waals surface area contributed by atoms with Crippen LogP contribution in [0.25, 0.3) is 0 Å². The van der Waals surface area contributed by atoms with Gasteiger partial charge in [0.1, 0.15) is 11.6 Å². The van der Waals surface area contributed by atoms with Gasteiger partial charge in [0, 0.05) is 23.0 Å². The van der Waals surface area contributed by atoms with E-state index in [9.17, 15) is 9.18 Å². The van der Waals surface area contributed by atoms with Gasteiger partial charge in [-0.15, -0.1) is 0 Å². The molecule has 1 amide bonds. The zero-order chi connectivity index (χ0) is 14.0. The number of halogens is 1. The van der Waals surface area contributed by atoms with E-state index in [1.54, 1.807) is 19.2 Å². The van der Waals surface area contributed by atoms with Crippen molar-refractivity contribution in [3.8, 4) is 0 Å². The highest BCUT2D eigenvalue weighted by atomic mass is 19.1. The van der Waals surface area contributed by atoms with Gasteiger partial charge < -0.3 is 11.1 Å². The molecule has 4 nitrogen and oxygen atoms in total. The average molecular weight is 259 g/mol. The minimum atomic E-state index is -0.497. The predicted octanol–water partition coefficient (Wildman–Crippen LogP) is 2.67. The van der Waals surface area contributed by atoms with Gasteiger partial charge in [0.15, 0.2) is 0 Å². The molecule has 3 N–H and O–H groups in total. The number of benzene rings is 1. The van der Waals surface area contributed by atoms with Crippen LogP contribution in [-0.4, -0.2) is 10.9 Å². The van der Waals surface area contributed by atoms with Crippen LogP contribution in [0.3, 0.4) is 0 Å². The molecule has 1 heterocycles. The first kappa shape index (κ1) is 13.0. The molecule has 19 heavy (non-hydrogen) atoms. The maximum absolute atomic E-state index is 13.5. The lowest BCUT2D eigenvalue weighted by atomic mass is 10.1. The minimum absolute atomic E-state index is 0.172. The highest BCUT2D eigenvalue weighted by Gasteiger charge is 2.12. The summed E-state index contributed by atoms with van der Waals surface area (Å²) in [5.41, 5.74) is 7.24. The topological polar surface area (TPSA) is 68.0 Å². The van der Waals surface area contributed by atoms with Gasteiger partial charge in [-0.1, -0.05) is 6.07 Å². The molecule has 0 aliphatic rings. The number of amides is 1. The third-order valence-corrected chi connectivity index (χ3v) is 2.89. The zero-order valence-electron chi connectivity index (χ0n) is 10.7. The molecule has 0 spiro atoms. The lowest BCUT2D eigenvalue weighted by Crippen LogP contribution is -2.15. The molecule has 0 radical (unpaired) electrons. The van der Waals surface area contributed by atoms with E-state index in [1.807, 2.05) is 13.0 Å². The predicted molar refractivity (Wildman–Crippen MR) is 72.5 cm³/mol. The Labute approximate surface area is 110 Å². The fourth-order valence-corrected chi connectivity index (χ4v) is 1.63. The molecule has 0 saturated heterocycles. The van der Waals surface area contributed by atoms with Crippen molar-refractivity contribution in [3.05, 3.63) is 53.0 Å². The SMILES string of the molecule is Cc1cccnc1NC(=O)c1cc(N)c(C)c(F)c1. The highest BCUT2D eigenvalue weighted by molar-refractivity contribution is 6.04. The van der Waals surface area contributed by atoms with Crippen LogP contribution in [0.2, 0.25) is 0 Å². The molecular weight excluding hydrogens is 245 g/mol. The molecule has 0 aliphatic carbocycles. The molecule has 1 aromatic carbocycles. The second kappa shape index (κ2) is 5.06. The first-order valence-corrected chi connectivity index (χ1v) is 5.77. The molecule has 1 aromatic heterocycles. The summed E-state index contributed by atoms with van der Waals surface area (Å²) in [4.78, 5) is 16.1. The molecule has 2 rings (SSSR count). The number of rotatable bonds is 2. The maximum Gasteiger partial charge on any atom is 0.257 e. The first-order chi connectivity index (χ1) is 8.99. The van der Waals surface area contributed by atoms with Crippen molar-refractivity contribution in [1.29, 1.82) is 0 Å². The van der Waals surface area contributed by atoms with Crippen LogP contribution in [-0.2, 0) is 0 Å². The van der Waals surface area contributed by atoms with Crippen molar-refractivity contribution in [2.75, 3.05) is 11.1 Å². The number of nitrogens with one attached hydrogen (secondary N) is 1. The summed E-state index contributed by atoms with van der Waals surface area (Å²) in [6.45, 7) is 3.39. The Kier molecular flexibility index (Phi) is 3.46. The van der Waals surface area contributed by atoms with Crippen LogP contribution in [0.15, 0.2) is 30.5 Å². The number of hydrogen-bond acceptors (Lipinski definition) is 3. The number of nitrogen functional groups attached to an aromatic ring is 1. The molecule has 0 aliphatic heterocycles. The number of nitrogens with two attached hydrogens (primary N) is 1. The summed E-state index contributed by atoms with van der Waals surface area (Å²) in [7, 11) is 0. The van der Waals surface area contributed by atoms with Crippen LogP contribution < -0.4 is 11.1 Å². The Morgan fingerprint density at radius 3 is 2.74 bits per heavy atom. The van der Waals surface area contributed by atoms with Crippen molar-refractivity contribution >= 4 is 17.4 Å². The lowest BCUT2D eigenvalue weighted by Gasteiger charge is -2.09. The number of pyridine rings is 1. The summed E-state index contributed by atoms with van der Waals surface area (Å²) in [6, 6.07) is 6.21. The molecule has 0 atom stereocenters. The third kappa shape index (κ3) is 2.70. The second-order valence-electron chi connectivity index (χ2n) is 4.30. The summed E-state index contributed by atoms with van der Waals surface area (Å²) in [5.74, 6) is -0.484. The minimum Gasteiger partial charge on any atom is -0.398 e. The normalized spacial score (nSPS) is 10.3. The van der Waals surface area contributed by atoms with Crippen molar-refractivity contribution < 1.29 is 9.18 Å². The number of carbonyl (C=O) groups excluding carboxylic acids is 1. The maximum atomic E-state index is 13.5. The van der Waals surface area contributed by atoms with E-state index in [0.717, 1.165) is 5.56 Å². The molecular formula is C14H14FN3O. The molecule has 5 heteroatoms. The van der Waals surface area contributed by atoms with Gasteiger partial charge in [-0.05, 0) is 37.6 Å². The number of nitrogens with zero attached hydrogens (tertiary/aromatic N) is 1. The summed E-state index contributed by atoms with van der Waals surface area (Å²) in [5, 5.41) is 2.63. The van der Waals surface area contributed by atoms with Gasteiger partial charge in [0.05, 0.1) is 0 Å². The molecule has 98 valence electrons. The van der Waals surface area contributed by atoms with Gasteiger partial charge >= 0.3 is 0 Å². The van der Waals surface area contributed by atoms with Crippen LogP contribution in [0.4, 0.5) is 15.9 Å². The number of aromatic nitrogens is 1. The Bertz CT molecular complexity index is 617. The second-order valence-corrected chi connectivity index (χ2v) is 4.30. The Balaban J connectivity index is 2.28. The Morgan fingerprint density at radius 1 is 1.37 bits per heavy atom. The van der Waals surface area contributed by atoms with E-state index in [1.165, 1.54) is 12.1 Å². The van der Waals surface area contributed by atoms with Gasteiger partial charge in [-0.3, -0.25) is 4.79 Å². The van der Waals surface area contributed by atoms with Gasteiger partial charge in [-0.2, -0.15) is 0 Å². The van der Waals surface area contributed by atoms with Crippen molar-refractivity contribution in [1.82, 2.24) is 4.98 Å². The van der Waals surface area contributed by atoms with E-state index < -0.39 is 11.7 Å². The molecule has 0 saturated carbocycles. The first-order valence-electron chi connectivity index (χ1n) is 5.77. The molecule has 0 unspecified atom stereocenters. The summed E-state index contributed by atoms with van der Waals surface area (Å²) >= 11 is 0. The van der Waals surface area contributed by atoms with Crippen LogP contribution in [0, 0.1) is 19.7 Å². The van der Waals surface area contributed by atoms with E-state index in [-0.39, 0.29) is 11.3 Å². The molecule has 0 fully saturated rings. The van der Waals surface area contributed by atoms with Crippen molar-refractivity contribution in [3.63, 3.8) is 0 Å². The van der Waals surface area contributed by atoms with E-state index in [4.69, 9.17) is 5.73 Å². The Morgan fingerprint density at radius 2 is 2.11 bits per heavy atom. The quantitative estimate of drug-likeness (QED) is 0.815. The number of hydrogen-bond donors (Lipinski definition) is 2. The monoisotopic (exact) mass is 259 g/mol. The van der Waals surface area contributed by atoms with Crippen LogP contribution in [0.5, 0.6) is 0 Å². The number of carbonyl (C=O) groups is 1. The summed E-state index contributed by atoms with van der Waals surface area (Å²) < 4.78 is 13.5. The van der Waals surface area contributed by atoms with Gasteiger partial charge in [0.2, 0.25) is 0 Å². The van der Waals surface area contributed by atoms with E-state index >= 15 is 0 Å². The number of aryl methyl sites for hydroxylation is 1. The Hall–Kier alpha value is -2.43. The fourth-order valence-electron chi connectivity index (χ4n) is 1.63. The van der Waals surface area contributed by atoms with Crippen molar-refractivity contribution in [2.24, 2.45) is 0 Å². The smallest absolute Gasteiger partial charge is 0.257 e. The largest absolute Gasteiger partial charge is 0.398 e. The van der Waals surface area contributed by atoms with Crippen LogP contribution in [0.1, 0.15) is 21.5 Å². The third-order valence-electron chi connectivity index (χ3n) is 2.89. The average Bonchev–Trinajstić information content (AvgIpc) is 2.38. The lowest BCUT2D eigenvalue weighted by molar-refractivity contribution is 0.102. The van der Waals surface area contributed by atoms with E-state index in [2.05, 4.69) is 10.3 Å². The van der Waals surface area contributed by atoms with E-state index in [0.29, 0.717) is 11.4 Å². The van der Waals surface area contributed by atoms with Crippen molar-refractivity contribution in [2.45, 2.75) is 13.8 Å². The van der Waals surface area contributed by atoms with Gasteiger partial charge in [0.25, 0.3) is 5.91 Å². The highest BCUT2D eigenvalue weighted by Crippen LogP contribution is 2.19. The molecule has 0 bridgehead atoms. The van der Waals surface area contributed by atoms with Gasteiger partial charge in [-0.25, -0.2) is 9.37 Å².